The van der Waals surface area contributed by atoms with Crippen molar-refractivity contribution in [2.45, 2.75) is 69.5 Å². The Bertz CT molecular complexity index is 1010. The summed E-state index contributed by atoms with van der Waals surface area (Å²) in [5.41, 5.74) is 2.81. The molecule has 178 valence electrons. The van der Waals surface area contributed by atoms with Crippen LogP contribution in [0.5, 0.6) is 5.75 Å². The fourth-order valence-corrected chi connectivity index (χ4v) is 7.45. The summed E-state index contributed by atoms with van der Waals surface area (Å²) in [5, 5.41) is 3.56. The number of halogens is 1. The molecule has 0 spiro atoms. The van der Waals surface area contributed by atoms with Crippen LogP contribution in [0.4, 0.5) is 5.13 Å². The van der Waals surface area contributed by atoms with Crippen LogP contribution in [0.1, 0.15) is 67.4 Å². The molecule has 2 aliphatic rings. The van der Waals surface area contributed by atoms with Gasteiger partial charge in [0.25, 0.3) is 0 Å². The third-order valence-electron chi connectivity index (χ3n) is 7.56. The van der Waals surface area contributed by atoms with Crippen LogP contribution in [0.2, 0.25) is 0 Å². The quantitative estimate of drug-likeness (QED) is 0.459. The van der Waals surface area contributed by atoms with Crippen LogP contribution < -0.4 is 10.1 Å². The molecule has 1 heterocycles. The number of aromatic nitrogens is 1. The summed E-state index contributed by atoms with van der Waals surface area (Å²) in [7, 11) is 1.72. The van der Waals surface area contributed by atoms with Gasteiger partial charge in [-0.1, -0.05) is 28.9 Å². The van der Waals surface area contributed by atoms with Crippen molar-refractivity contribution >= 4 is 44.1 Å². The van der Waals surface area contributed by atoms with E-state index in [0.29, 0.717) is 42.1 Å². The Morgan fingerprint density at radius 3 is 2.85 bits per heavy atom. The highest BCUT2D eigenvalue weighted by molar-refractivity contribution is 9.10. The summed E-state index contributed by atoms with van der Waals surface area (Å²) in [6.45, 7) is 4.27. The number of anilines is 1. The monoisotopic (exact) mass is 532 g/mol. The van der Waals surface area contributed by atoms with E-state index in [0.717, 1.165) is 36.3 Å². The minimum atomic E-state index is -0.196. The van der Waals surface area contributed by atoms with Crippen molar-refractivity contribution in [3.05, 3.63) is 40.4 Å². The smallest absolute Gasteiger partial charge is 0.226 e. The maximum Gasteiger partial charge on any atom is 0.226 e. The molecule has 1 fully saturated rings. The minimum Gasteiger partial charge on any atom is -0.497 e. The van der Waals surface area contributed by atoms with Crippen molar-refractivity contribution < 1.29 is 14.3 Å². The van der Waals surface area contributed by atoms with Crippen LogP contribution in [-0.4, -0.2) is 28.6 Å². The van der Waals surface area contributed by atoms with Crippen molar-refractivity contribution in [2.75, 3.05) is 12.4 Å². The Hall–Kier alpha value is -1.73. The first-order chi connectivity index (χ1) is 15.9. The number of rotatable bonds is 5. The largest absolute Gasteiger partial charge is 0.497 e. The molecule has 0 saturated heterocycles. The molecule has 5 nitrogen and oxygen atoms in total. The zero-order chi connectivity index (χ0) is 23.5. The molecular formula is C26H33BrN2O3S. The number of carbonyl (C=O) groups is 2. The first kappa shape index (κ1) is 24.4. The van der Waals surface area contributed by atoms with Gasteiger partial charge in [0.2, 0.25) is 5.91 Å². The summed E-state index contributed by atoms with van der Waals surface area (Å²) >= 11 is 5.24. The molecule has 2 aromatic rings. The number of amides is 1. The van der Waals surface area contributed by atoms with Gasteiger partial charge in [-0.25, -0.2) is 4.98 Å². The Morgan fingerprint density at radius 1 is 1.30 bits per heavy atom. The number of benzene rings is 1. The van der Waals surface area contributed by atoms with Crippen LogP contribution in [0.15, 0.2) is 24.4 Å². The molecule has 4 rings (SSSR count). The molecular weight excluding hydrogens is 500 g/mol. The molecule has 5 atom stereocenters. The van der Waals surface area contributed by atoms with Gasteiger partial charge < -0.3 is 10.1 Å². The summed E-state index contributed by atoms with van der Waals surface area (Å²) in [6.07, 6.45) is 7.55. The number of nitrogens with zero attached hydrogens (tertiary/aromatic N) is 1. The molecule has 2 aliphatic carbocycles. The first-order valence-electron chi connectivity index (χ1n) is 11.9. The van der Waals surface area contributed by atoms with E-state index in [2.05, 4.69) is 51.4 Å². The second kappa shape index (κ2) is 10.7. The van der Waals surface area contributed by atoms with E-state index in [9.17, 15) is 9.59 Å². The van der Waals surface area contributed by atoms with Crippen molar-refractivity contribution in [3.8, 4) is 5.75 Å². The summed E-state index contributed by atoms with van der Waals surface area (Å²) in [4.78, 5) is 30.7. The fourth-order valence-electron chi connectivity index (χ4n) is 5.80. The zero-order valence-corrected chi connectivity index (χ0v) is 22.0. The van der Waals surface area contributed by atoms with Crippen molar-refractivity contribution in [3.63, 3.8) is 0 Å². The van der Waals surface area contributed by atoms with Gasteiger partial charge in [-0.2, -0.15) is 0 Å². The number of nitrogens with one attached hydrogen (secondary N) is 1. The van der Waals surface area contributed by atoms with Gasteiger partial charge in [-0.05, 0) is 86.0 Å². The lowest BCUT2D eigenvalue weighted by Gasteiger charge is -2.41. The number of thiazole rings is 1. The Balaban J connectivity index is 1.52. The molecule has 5 unspecified atom stereocenters. The van der Waals surface area contributed by atoms with Crippen LogP contribution in [0.25, 0.3) is 0 Å². The number of ketones is 1. The van der Waals surface area contributed by atoms with Crippen LogP contribution in [0.3, 0.4) is 0 Å². The van der Waals surface area contributed by atoms with E-state index in [4.69, 9.17) is 4.74 Å². The van der Waals surface area contributed by atoms with Gasteiger partial charge in [-0.3, -0.25) is 9.59 Å². The third kappa shape index (κ3) is 5.51. The van der Waals surface area contributed by atoms with Crippen LogP contribution >= 0.6 is 27.3 Å². The highest BCUT2D eigenvalue weighted by Gasteiger charge is 2.41. The van der Waals surface area contributed by atoms with Crippen molar-refractivity contribution in [2.24, 2.45) is 17.8 Å². The second-order valence-corrected chi connectivity index (χ2v) is 11.7. The molecule has 1 aromatic carbocycles. The lowest BCUT2D eigenvalue weighted by Crippen LogP contribution is -2.36. The number of hydrogen-bond acceptors (Lipinski definition) is 5. The van der Waals surface area contributed by atoms with Crippen molar-refractivity contribution in [1.82, 2.24) is 4.98 Å². The molecule has 1 amide bonds. The first-order valence-corrected chi connectivity index (χ1v) is 13.7. The maximum atomic E-state index is 13.0. The second-order valence-electron chi connectivity index (χ2n) is 9.52. The number of Topliss-reactive ketones (excluding diaryl/α,β-unsaturated/α-hetero) is 1. The lowest BCUT2D eigenvalue weighted by atomic mass is 9.65. The molecule has 1 aromatic heterocycles. The highest BCUT2D eigenvalue weighted by atomic mass is 79.9. The molecule has 33 heavy (non-hydrogen) atoms. The number of aryl methyl sites for hydroxylation is 2. The van der Waals surface area contributed by atoms with E-state index in [-0.39, 0.29) is 22.4 Å². The summed E-state index contributed by atoms with van der Waals surface area (Å²) in [5.74, 6) is 2.59. The minimum absolute atomic E-state index is 0.0267. The van der Waals surface area contributed by atoms with Gasteiger partial charge >= 0.3 is 0 Å². The Kier molecular flexibility index (Phi) is 7.90. The Labute approximate surface area is 208 Å². The van der Waals surface area contributed by atoms with E-state index < -0.39 is 0 Å². The lowest BCUT2D eigenvalue weighted by molar-refractivity contribution is -0.120. The van der Waals surface area contributed by atoms with Gasteiger partial charge in [0.1, 0.15) is 11.5 Å². The predicted molar refractivity (Wildman–Crippen MR) is 136 cm³/mol. The van der Waals surface area contributed by atoms with E-state index in [1.807, 2.05) is 6.92 Å². The summed E-state index contributed by atoms with van der Waals surface area (Å²) in [6, 6.07) is 6.49. The highest BCUT2D eigenvalue weighted by Crippen LogP contribution is 2.48. The number of methoxy groups -OCH3 is 1. The summed E-state index contributed by atoms with van der Waals surface area (Å²) < 4.78 is 5.45. The predicted octanol–water partition coefficient (Wildman–Crippen LogP) is 6.29. The van der Waals surface area contributed by atoms with Gasteiger partial charge in [0.15, 0.2) is 5.13 Å². The average molecular weight is 534 g/mol. The standard InChI is InChI=1S/C26H33BrN2O3S/c1-15-14-28-26(33-15)29-24(31)12-11-20-16(2)19-9-7-17-13-18(32-3)8-10-21(17)22(19)5-4-6-23(30)25(20)27/h8,10,13-14,16,19-20,22,25H,4-7,9,11-12H2,1-3H3,(H,28,29,31). The molecule has 0 aliphatic heterocycles. The molecule has 7 heteroatoms. The molecule has 1 saturated carbocycles. The van der Waals surface area contributed by atoms with Crippen LogP contribution in [0, 0.1) is 24.7 Å². The Morgan fingerprint density at radius 2 is 2.12 bits per heavy atom. The zero-order valence-electron chi connectivity index (χ0n) is 19.6. The molecule has 0 radical (unpaired) electrons. The van der Waals surface area contributed by atoms with E-state index >= 15 is 0 Å². The van der Waals surface area contributed by atoms with E-state index in [1.165, 1.54) is 22.5 Å². The topological polar surface area (TPSA) is 68.3 Å². The average Bonchev–Trinajstić information content (AvgIpc) is 3.23. The third-order valence-corrected chi connectivity index (χ3v) is 9.58. The van der Waals surface area contributed by atoms with Crippen LogP contribution in [-0.2, 0) is 16.0 Å². The fraction of sp³-hybridized carbons (Fsp3) is 0.577. The maximum absolute atomic E-state index is 13.0. The number of ether oxygens (including phenoxy) is 1. The number of carbonyl (C=O) groups excluding carboxylic acids is 2. The van der Waals surface area contributed by atoms with Crippen molar-refractivity contribution in [1.29, 1.82) is 0 Å². The van der Waals surface area contributed by atoms with E-state index in [1.54, 1.807) is 13.3 Å². The molecule has 1 N–H and O–H groups in total. The normalized spacial score (nSPS) is 27.5. The number of alkyl halides is 1. The SMILES string of the molecule is COc1ccc2c(c1)CCC1C2CCCC(=O)C(Br)C(CCC(=O)Nc2ncc(C)s2)C1C. The number of fused-ring (bicyclic) bond motifs is 3. The number of hydrogen-bond donors (Lipinski definition) is 1. The van der Waals surface area contributed by atoms with Gasteiger partial charge in [-0.15, -0.1) is 11.3 Å². The molecule has 0 bridgehead atoms. The van der Waals surface area contributed by atoms with Gasteiger partial charge in [0.05, 0.1) is 11.9 Å². The van der Waals surface area contributed by atoms with Gasteiger partial charge in [0, 0.05) is 23.9 Å².